The molecular weight excluding hydrogens is 613 g/mol. The lowest BCUT2D eigenvalue weighted by molar-refractivity contribution is 0.0909. The van der Waals surface area contributed by atoms with Crippen LogP contribution in [0.15, 0.2) is 85.3 Å². The van der Waals surface area contributed by atoms with Crippen molar-refractivity contribution >= 4 is 29.2 Å². The number of likely N-dealkylation sites (tertiary alicyclic amines) is 1. The predicted molar refractivity (Wildman–Crippen MR) is 177 cm³/mol. The third kappa shape index (κ3) is 6.18. The number of aromatic hydroxyl groups is 1. The van der Waals surface area contributed by atoms with Crippen molar-refractivity contribution < 1.29 is 19.1 Å². The third-order valence-electron chi connectivity index (χ3n) is 8.38. The Morgan fingerprint density at radius 2 is 1.81 bits per heavy atom. The maximum atomic E-state index is 13.5. The molecule has 0 saturated carbocycles. The van der Waals surface area contributed by atoms with E-state index < -0.39 is 5.82 Å². The van der Waals surface area contributed by atoms with E-state index in [1.165, 1.54) is 30.3 Å². The molecule has 0 radical (unpaired) electrons. The van der Waals surface area contributed by atoms with Gasteiger partial charge in [-0.1, -0.05) is 12.1 Å². The molecule has 1 aliphatic heterocycles. The largest absolute Gasteiger partial charge is 0.507 e. The first-order valence-corrected chi connectivity index (χ1v) is 15.4. The molecule has 1 fully saturated rings. The molecular formula is C35H30FN9O3. The van der Waals surface area contributed by atoms with Gasteiger partial charge in [-0.15, -0.1) is 0 Å². The second-order valence-corrected chi connectivity index (χ2v) is 11.6. The normalized spacial score (nSPS) is 13.9. The second-order valence-electron chi connectivity index (χ2n) is 11.6. The molecule has 4 N–H and O–H groups in total. The van der Waals surface area contributed by atoms with Gasteiger partial charge in [-0.2, -0.15) is 0 Å². The summed E-state index contributed by atoms with van der Waals surface area (Å²) in [6.07, 6.45) is 6.46. The van der Waals surface area contributed by atoms with E-state index >= 15 is 0 Å². The van der Waals surface area contributed by atoms with E-state index in [2.05, 4.69) is 37.3 Å². The maximum Gasteiger partial charge on any atom is 0.251 e. The summed E-state index contributed by atoms with van der Waals surface area (Å²) in [7, 11) is 0. The van der Waals surface area contributed by atoms with Gasteiger partial charge in [-0.25, -0.2) is 29.3 Å². The van der Waals surface area contributed by atoms with Crippen LogP contribution >= 0.6 is 0 Å². The number of anilines is 1. The number of aldehydes is 1. The van der Waals surface area contributed by atoms with Crippen molar-refractivity contribution in [2.24, 2.45) is 0 Å². The van der Waals surface area contributed by atoms with Crippen LogP contribution < -0.4 is 11.1 Å². The minimum absolute atomic E-state index is 0.00876. The lowest BCUT2D eigenvalue weighted by Gasteiger charge is -2.32. The molecule has 13 heteroatoms. The number of aromatic nitrogens is 6. The number of phenolic OH excluding ortho intramolecular Hbond substituents is 1. The SMILES string of the molecule is Nc1ncccc1-c1nc2cnc(-c3ccc(F)cn3)nc2n1-c1ccc(CN2CCC(NC(=O)c3ccc(O)c(C=O)c3)CC2)cc1. The number of benzene rings is 2. The third-order valence-corrected chi connectivity index (χ3v) is 8.38. The number of nitrogens with two attached hydrogens (primary N) is 1. The fourth-order valence-electron chi connectivity index (χ4n) is 5.84. The predicted octanol–water partition coefficient (Wildman–Crippen LogP) is 4.57. The first-order chi connectivity index (χ1) is 23.4. The highest BCUT2D eigenvalue weighted by molar-refractivity contribution is 5.96. The Hall–Kier alpha value is -6.08. The van der Waals surface area contributed by atoms with Gasteiger partial charge in [0.15, 0.2) is 23.6 Å². The standard InChI is InChI=1S/C35H30FN9O3/c36-24-6-9-28(39-17-24)32-40-18-29-34(43-32)45(33(42-29)27-2-1-13-38-31(27)37)26-7-3-21(4-8-26)19-44-14-11-25(12-15-44)41-35(48)22-5-10-30(47)23(16-22)20-46/h1-10,13,16-18,20,25,47H,11-12,14-15,19H2,(H2,37,38)(H,41,48). The van der Waals surface area contributed by atoms with E-state index in [1.807, 2.05) is 22.8 Å². The van der Waals surface area contributed by atoms with E-state index in [0.717, 1.165) is 49.9 Å². The molecule has 0 aliphatic carbocycles. The van der Waals surface area contributed by atoms with Crippen LogP contribution in [0.1, 0.15) is 39.1 Å². The van der Waals surface area contributed by atoms with Crippen molar-refractivity contribution in [3.63, 3.8) is 0 Å². The average Bonchev–Trinajstić information content (AvgIpc) is 3.48. The number of amides is 1. The number of piperidine rings is 1. The summed E-state index contributed by atoms with van der Waals surface area (Å²) in [4.78, 5) is 48.6. The van der Waals surface area contributed by atoms with Crippen molar-refractivity contribution in [1.29, 1.82) is 0 Å². The summed E-state index contributed by atoms with van der Waals surface area (Å²) in [5.74, 6) is 0.351. The number of carbonyl (C=O) groups is 2. The van der Waals surface area contributed by atoms with Gasteiger partial charge in [-0.3, -0.25) is 19.1 Å². The molecule has 4 aromatic heterocycles. The van der Waals surface area contributed by atoms with Crippen LogP contribution in [-0.4, -0.2) is 70.8 Å². The Kier molecular flexibility index (Phi) is 8.26. The van der Waals surface area contributed by atoms with Gasteiger partial charge < -0.3 is 16.2 Å². The zero-order chi connectivity index (χ0) is 33.2. The first-order valence-electron chi connectivity index (χ1n) is 15.4. The van der Waals surface area contributed by atoms with E-state index in [4.69, 9.17) is 15.7 Å². The van der Waals surface area contributed by atoms with Crippen LogP contribution in [0, 0.1) is 5.82 Å². The summed E-state index contributed by atoms with van der Waals surface area (Å²) in [5.41, 5.74) is 10.8. The molecule has 1 saturated heterocycles. The average molecular weight is 644 g/mol. The number of nitrogens with one attached hydrogen (secondary N) is 1. The van der Waals surface area contributed by atoms with Crippen LogP contribution in [0.25, 0.3) is 39.8 Å². The Labute approximate surface area is 274 Å². The van der Waals surface area contributed by atoms with Crippen LogP contribution in [0.2, 0.25) is 0 Å². The number of fused-ring (bicyclic) bond motifs is 1. The number of nitrogens with zero attached hydrogens (tertiary/aromatic N) is 7. The van der Waals surface area contributed by atoms with Crippen molar-refractivity contribution in [2.45, 2.75) is 25.4 Å². The van der Waals surface area contributed by atoms with E-state index in [-0.39, 0.29) is 23.3 Å². The molecule has 5 heterocycles. The highest BCUT2D eigenvalue weighted by Gasteiger charge is 2.23. The monoisotopic (exact) mass is 643 g/mol. The highest BCUT2D eigenvalue weighted by Crippen LogP contribution is 2.31. The number of hydrogen-bond acceptors (Lipinski definition) is 10. The lowest BCUT2D eigenvalue weighted by atomic mass is 10.0. The van der Waals surface area contributed by atoms with E-state index in [9.17, 15) is 19.1 Å². The van der Waals surface area contributed by atoms with Crippen LogP contribution in [-0.2, 0) is 6.54 Å². The van der Waals surface area contributed by atoms with E-state index in [1.54, 1.807) is 18.5 Å². The summed E-state index contributed by atoms with van der Waals surface area (Å²) in [6, 6.07) is 18.9. The summed E-state index contributed by atoms with van der Waals surface area (Å²) in [5, 5.41) is 12.8. The Morgan fingerprint density at radius 1 is 1.00 bits per heavy atom. The van der Waals surface area contributed by atoms with Crippen molar-refractivity contribution in [3.05, 3.63) is 108 Å². The summed E-state index contributed by atoms with van der Waals surface area (Å²) < 4.78 is 15.4. The number of carbonyl (C=O) groups excluding carboxylic acids is 2. The Balaban J connectivity index is 1.09. The highest BCUT2D eigenvalue weighted by atomic mass is 19.1. The number of nitrogen functional groups attached to an aromatic ring is 1. The number of imidazole rings is 1. The van der Waals surface area contributed by atoms with Gasteiger partial charge in [0.1, 0.15) is 28.6 Å². The molecule has 0 unspecified atom stereocenters. The fraction of sp³-hybridized carbons (Fsp3) is 0.171. The molecule has 0 atom stereocenters. The van der Waals surface area contributed by atoms with Gasteiger partial charge >= 0.3 is 0 Å². The number of halogens is 1. The molecule has 6 aromatic rings. The van der Waals surface area contributed by atoms with E-state index in [0.29, 0.717) is 51.7 Å². The molecule has 48 heavy (non-hydrogen) atoms. The molecule has 7 rings (SSSR count). The van der Waals surface area contributed by atoms with Crippen molar-refractivity contribution in [1.82, 2.24) is 39.7 Å². The molecule has 0 bridgehead atoms. The molecule has 12 nitrogen and oxygen atoms in total. The molecule has 1 aliphatic rings. The fourth-order valence-corrected chi connectivity index (χ4v) is 5.84. The van der Waals surface area contributed by atoms with Gasteiger partial charge in [0.05, 0.1) is 23.5 Å². The van der Waals surface area contributed by atoms with Crippen molar-refractivity contribution in [2.75, 3.05) is 18.8 Å². The zero-order valence-electron chi connectivity index (χ0n) is 25.6. The lowest BCUT2D eigenvalue weighted by Crippen LogP contribution is -2.44. The number of pyridine rings is 2. The number of hydrogen-bond donors (Lipinski definition) is 3. The van der Waals surface area contributed by atoms with Crippen molar-refractivity contribution in [3.8, 4) is 34.3 Å². The zero-order valence-corrected chi connectivity index (χ0v) is 25.6. The molecule has 0 spiro atoms. The minimum Gasteiger partial charge on any atom is -0.507 e. The first kappa shape index (κ1) is 30.6. The van der Waals surface area contributed by atoms with Crippen LogP contribution in [0.3, 0.4) is 0 Å². The molecule has 2 aromatic carbocycles. The number of rotatable bonds is 8. The Bertz CT molecular complexity index is 2130. The van der Waals surface area contributed by atoms with Gasteiger partial charge in [0.25, 0.3) is 5.91 Å². The Morgan fingerprint density at radius 3 is 2.54 bits per heavy atom. The summed E-state index contributed by atoms with van der Waals surface area (Å²) in [6.45, 7) is 2.34. The maximum absolute atomic E-state index is 13.5. The summed E-state index contributed by atoms with van der Waals surface area (Å²) >= 11 is 0. The van der Waals surface area contributed by atoms with Gasteiger partial charge in [0.2, 0.25) is 0 Å². The van der Waals surface area contributed by atoms with Gasteiger partial charge in [0, 0.05) is 43.1 Å². The van der Waals surface area contributed by atoms with Crippen LogP contribution in [0.4, 0.5) is 10.2 Å². The minimum atomic E-state index is -0.448. The molecule has 240 valence electrons. The second kappa shape index (κ2) is 13.0. The topological polar surface area (TPSA) is 165 Å². The quantitative estimate of drug-likeness (QED) is 0.200. The molecule has 1 amide bonds. The number of phenols is 1. The smallest absolute Gasteiger partial charge is 0.251 e. The van der Waals surface area contributed by atoms with Gasteiger partial charge in [-0.05, 0) is 73.0 Å². The van der Waals surface area contributed by atoms with Crippen LogP contribution in [0.5, 0.6) is 5.75 Å².